The van der Waals surface area contributed by atoms with Gasteiger partial charge in [0.15, 0.2) is 9.84 Å². The van der Waals surface area contributed by atoms with Gasteiger partial charge in [-0.15, -0.1) is 0 Å². The van der Waals surface area contributed by atoms with Gasteiger partial charge in [-0.25, -0.2) is 8.42 Å². The third-order valence-corrected chi connectivity index (χ3v) is 5.57. The van der Waals surface area contributed by atoms with Crippen LogP contribution < -0.4 is 10.2 Å². The van der Waals surface area contributed by atoms with Crippen molar-refractivity contribution in [2.75, 3.05) is 23.0 Å². The maximum Gasteiger partial charge on any atom is 0.288 e. The van der Waals surface area contributed by atoms with E-state index >= 15 is 0 Å². The van der Waals surface area contributed by atoms with Gasteiger partial charge in [-0.1, -0.05) is 17.7 Å². The summed E-state index contributed by atoms with van der Waals surface area (Å²) >= 11 is 0. The molecular weight excluding hydrogens is 370 g/mol. The number of nitrogens with zero attached hydrogens (tertiary/aromatic N) is 2. The molecule has 8 nitrogen and oxygen atoms in total. The first kappa shape index (κ1) is 18.8. The van der Waals surface area contributed by atoms with Gasteiger partial charge in [0, 0.05) is 30.2 Å². The van der Waals surface area contributed by atoms with Crippen molar-refractivity contribution < 1.29 is 18.1 Å². The number of carbonyl (C=O) groups is 1. The van der Waals surface area contributed by atoms with Crippen molar-refractivity contribution in [2.24, 2.45) is 0 Å². The summed E-state index contributed by atoms with van der Waals surface area (Å²) in [5, 5.41) is 14.1. The molecule has 142 valence electrons. The van der Waals surface area contributed by atoms with Crippen LogP contribution in [0.4, 0.5) is 17.1 Å². The van der Waals surface area contributed by atoms with Crippen LogP contribution in [0.3, 0.4) is 0 Å². The SMILES string of the molecule is Cc1ccc(N2CCC(Nc3ccc([N+](=O)[O-])c(S(C)(=O)=O)c3)C2=O)cc1. The molecule has 2 aromatic rings. The topological polar surface area (TPSA) is 110 Å². The predicted molar refractivity (Wildman–Crippen MR) is 102 cm³/mol. The molecular formula is C18H19N3O5S. The van der Waals surface area contributed by atoms with Gasteiger partial charge >= 0.3 is 0 Å². The van der Waals surface area contributed by atoms with Gasteiger partial charge in [0.25, 0.3) is 5.69 Å². The number of rotatable bonds is 5. The van der Waals surface area contributed by atoms with Gasteiger partial charge in [0.05, 0.1) is 4.92 Å². The zero-order chi connectivity index (χ0) is 19.8. The van der Waals surface area contributed by atoms with Crippen LogP contribution in [0.25, 0.3) is 0 Å². The van der Waals surface area contributed by atoms with Crippen molar-refractivity contribution in [3.8, 4) is 0 Å². The summed E-state index contributed by atoms with van der Waals surface area (Å²) in [7, 11) is -3.78. The van der Waals surface area contributed by atoms with E-state index in [1.54, 1.807) is 4.90 Å². The highest BCUT2D eigenvalue weighted by Crippen LogP contribution is 2.29. The van der Waals surface area contributed by atoms with Crippen molar-refractivity contribution >= 4 is 32.8 Å². The monoisotopic (exact) mass is 389 g/mol. The number of benzene rings is 2. The molecule has 1 N–H and O–H groups in total. The summed E-state index contributed by atoms with van der Waals surface area (Å²) in [4.78, 5) is 24.3. The molecule has 9 heteroatoms. The van der Waals surface area contributed by atoms with Crippen molar-refractivity contribution in [2.45, 2.75) is 24.3 Å². The number of sulfone groups is 1. The third-order valence-electron chi connectivity index (χ3n) is 4.45. The Morgan fingerprint density at radius 3 is 2.44 bits per heavy atom. The number of nitrogens with one attached hydrogen (secondary N) is 1. The summed E-state index contributed by atoms with van der Waals surface area (Å²) in [6.07, 6.45) is 1.46. The first-order valence-corrected chi connectivity index (χ1v) is 10.2. The van der Waals surface area contributed by atoms with Crippen molar-refractivity contribution in [3.63, 3.8) is 0 Å². The largest absolute Gasteiger partial charge is 0.374 e. The molecule has 3 rings (SSSR count). The van der Waals surface area contributed by atoms with Crippen molar-refractivity contribution in [1.29, 1.82) is 0 Å². The molecule has 0 spiro atoms. The van der Waals surface area contributed by atoms with E-state index in [1.165, 1.54) is 12.1 Å². The number of anilines is 2. The number of nitro benzene ring substituents is 1. The molecule has 1 aliphatic rings. The summed E-state index contributed by atoms with van der Waals surface area (Å²) in [5.41, 5.74) is 1.77. The smallest absolute Gasteiger partial charge is 0.288 e. The normalized spacial score (nSPS) is 17.2. The van der Waals surface area contributed by atoms with Crippen LogP contribution in [-0.2, 0) is 14.6 Å². The van der Waals surface area contributed by atoms with E-state index in [-0.39, 0.29) is 10.8 Å². The molecule has 1 fully saturated rings. The van der Waals surface area contributed by atoms with Gasteiger partial charge in [0.1, 0.15) is 10.9 Å². The second kappa shape index (κ2) is 6.99. The molecule has 0 bridgehead atoms. The maximum absolute atomic E-state index is 12.7. The quantitative estimate of drug-likeness (QED) is 0.622. The second-order valence-electron chi connectivity index (χ2n) is 6.52. The van der Waals surface area contributed by atoms with Crippen LogP contribution in [-0.4, -0.2) is 38.1 Å². The Labute approximate surface area is 156 Å². The molecule has 1 heterocycles. The van der Waals surface area contributed by atoms with E-state index in [0.29, 0.717) is 18.7 Å². The van der Waals surface area contributed by atoms with Crippen LogP contribution in [0, 0.1) is 17.0 Å². The van der Waals surface area contributed by atoms with Crippen LogP contribution in [0.15, 0.2) is 47.4 Å². The van der Waals surface area contributed by atoms with Crippen LogP contribution in [0.5, 0.6) is 0 Å². The summed E-state index contributed by atoms with van der Waals surface area (Å²) in [5.74, 6) is -0.127. The number of carbonyl (C=O) groups excluding carboxylic acids is 1. The molecule has 27 heavy (non-hydrogen) atoms. The van der Waals surface area contributed by atoms with E-state index in [0.717, 1.165) is 23.6 Å². The first-order chi connectivity index (χ1) is 12.7. The fourth-order valence-corrected chi connectivity index (χ4v) is 3.91. The lowest BCUT2D eigenvalue weighted by Crippen LogP contribution is -2.33. The number of hydrogen-bond donors (Lipinski definition) is 1. The van der Waals surface area contributed by atoms with Gasteiger partial charge in [0.2, 0.25) is 5.91 Å². The van der Waals surface area contributed by atoms with Gasteiger partial charge in [-0.3, -0.25) is 14.9 Å². The van der Waals surface area contributed by atoms with Gasteiger partial charge in [-0.05, 0) is 37.6 Å². The average Bonchev–Trinajstić information content (AvgIpc) is 2.95. The van der Waals surface area contributed by atoms with Gasteiger partial charge < -0.3 is 10.2 Å². The number of aryl methyl sites for hydroxylation is 1. The lowest BCUT2D eigenvalue weighted by molar-refractivity contribution is -0.387. The maximum atomic E-state index is 12.7. The minimum Gasteiger partial charge on any atom is -0.374 e. The highest BCUT2D eigenvalue weighted by molar-refractivity contribution is 7.90. The highest BCUT2D eigenvalue weighted by Gasteiger charge is 2.33. The zero-order valence-electron chi connectivity index (χ0n) is 14.9. The number of amides is 1. The lowest BCUT2D eigenvalue weighted by atomic mass is 10.2. The Kier molecular flexibility index (Phi) is 4.88. The van der Waals surface area contributed by atoms with Crippen LogP contribution in [0.1, 0.15) is 12.0 Å². The molecule has 2 aromatic carbocycles. The predicted octanol–water partition coefficient (Wildman–Crippen LogP) is 2.52. The average molecular weight is 389 g/mol. The molecule has 0 aliphatic carbocycles. The molecule has 1 saturated heterocycles. The number of hydrogen-bond acceptors (Lipinski definition) is 6. The lowest BCUT2D eigenvalue weighted by Gasteiger charge is -2.18. The molecule has 1 unspecified atom stereocenters. The Bertz CT molecular complexity index is 1000. The fourth-order valence-electron chi connectivity index (χ4n) is 3.05. The molecule has 0 saturated carbocycles. The summed E-state index contributed by atoms with van der Waals surface area (Å²) in [6, 6.07) is 10.8. The minimum atomic E-state index is -3.78. The molecule has 1 amide bonds. The fraction of sp³-hybridized carbons (Fsp3) is 0.278. The minimum absolute atomic E-state index is 0.127. The number of nitro groups is 1. The highest BCUT2D eigenvalue weighted by atomic mass is 32.2. The van der Waals surface area contributed by atoms with E-state index in [4.69, 9.17) is 0 Å². The van der Waals surface area contributed by atoms with Crippen LogP contribution in [0.2, 0.25) is 0 Å². The van der Waals surface area contributed by atoms with Crippen molar-refractivity contribution in [3.05, 3.63) is 58.1 Å². The summed E-state index contributed by atoms with van der Waals surface area (Å²) in [6.45, 7) is 2.50. The molecule has 1 aliphatic heterocycles. The van der Waals surface area contributed by atoms with E-state index in [1.807, 2.05) is 31.2 Å². The van der Waals surface area contributed by atoms with Gasteiger partial charge in [-0.2, -0.15) is 0 Å². The Morgan fingerprint density at radius 2 is 1.85 bits per heavy atom. The Morgan fingerprint density at radius 1 is 1.19 bits per heavy atom. The van der Waals surface area contributed by atoms with E-state index < -0.39 is 26.5 Å². The third kappa shape index (κ3) is 3.92. The Balaban J connectivity index is 1.83. The molecule has 1 atom stereocenters. The van der Waals surface area contributed by atoms with E-state index in [9.17, 15) is 23.3 Å². The molecule has 0 aromatic heterocycles. The van der Waals surface area contributed by atoms with Crippen molar-refractivity contribution in [1.82, 2.24) is 0 Å². The molecule has 0 radical (unpaired) electrons. The van der Waals surface area contributed by atoms with Crippen LogP contribution >= 0.6 is 0 Å². The Hall–Kier alpha value is -2.94. The standard InChI is InChI=1S/C18H19N3O5S/c1-12-3-6-14(7-4-12)20-10-9-15(18(20)22)19-13-5-8-16(21(23)24)17(11-13)27(2,25)26/h3-8,11,15,19H,9-10H2,1-2H3. The second-order valence-corrected chi connectivity index (χ2v) is 8.51. The zero-order valence-corrected chi connectivity index (χ0v) is 15.7. The first-order valence-electron chi connectivity index (χ1n) is 8.30. The summed E-state index contributed by atoms with van der Waals surface area (Å²) < 4.78 is 23.7. The van der Waals surface area contributed by atoms with E-state index in [2.05, 4.69) is 5.32 Å².